The van der Waals surface area contributed by atoms with Crippen molar-refractivity contribution in [1.82, 2.24) is 0 Å². The first-order valence-electron chi connectivity index (χ1n) is 29.0. The Balaban J connectivity index is 2.70. The number of aliphatic carboxylic acids is 1. The van der Waals surface area contributed by atoms with Crippen molar-refractivity contribution in [1.29, 1.82) is 0 Å². The first kappa shape index (κ1) is 66.0. The molecule has 0 aromatic carbocycles. The molecule has 0 amide bonds. The smallest absolute Gasteiger partial charge is 0.335 e. The molecule has 1 heterocycles. The van der Waals surface area contributed by atoms with Crippen LogP contribution in [0.3, 0.4) is 0 Å². The summed E-state index contributed by atoms with van der Waals surface area (Å²) in [7, 11) is 0. The maximum absolute atomic E-state index is 13.1. The summed E-state index contributed by atoms with van der Waals surface area (Å²) in [6, 6.07) is 0. The van der Waals surface area contributed by atoms with Crippen molar-refractivity contribution in [3.05, 3.63) is 36.5 Å². The molecule has 1 aliphatic rings. The minimum absolute atomic E-state index is 0.0521. The Labute approximate surface area is 431 Å². The maximum Gasteiger partial charge on any atom is 0.335 e. The van der Waals surface area contributed by atoms with E-state index in [1.54, 1.807) is 0 Å². The molecule has 12 nitrogen and oxygen atoms in total. The third-order valence-electron chi connectivity index (χ3n) is 13.2. The number of aliphatic hydroxyl groups is 2. The van der Waals surface area contributed by atoms with E-state index in [2.05, 4.69) is 57.2 Å². The van der Waals surface area contributed by atoms with E-state index in [1.807, 2.05) is 0 Å². The van der Waals surface area contributed by atoms with Gasteiger partial charge in [0.05, 0.1) is 6.61 Å². The quantitative estimate of drug-likeness (QED) is 0.0228. The van der Waals surface area contributed by atoms with E-state index in [0.29, 0.717) is 19.3 Å². The molecule has 1 rings (SSSR count). The Hall–Kier alpha value is -3.06. The van der Waals surface area contributed by atoms with E-state index < -0.39 is 67.3 Å². The highest BCUT2D eigenvalue weighted by molar-refractivity contribution is 5.74. The molecule has 0 spiro atoms. The van der Waals surface area contributed by atoms with E-state index in [1.165, 1.54) is 103 Å². The second-order valence-electron chi connectivity index (χ2n) is 19.9. The predicted octanol–water partition coefficient (Wildman–Crippen LogP) is 14.5. The van der Waals surface area contributed by atoms with Gasteiger partial charge in [0.2, 0.25) is 0 Å². The van der Waals surface area contributed by atoms with Crippen LogP contribution in [0.25, 0.3) is 0 Å². The third kappa shape index (κ3) is 38.2. The molecule has 0 aromatic heterocycles. The lowest BCUT2D eigenvalue weighted by Gasteiger charge is -2.40. The number of carboxylic acids is 1. The summed E-state index contributed by atoms with van der Waals surface area (Å²) in [5.74, 6) is -3.13. The third-order valence-corrected chi connectivity index (χ3v) is 13.2. The summed E-state index contributed by atoms with van der Waals surface area (Å²) in [4.78, 5) is 51.0. The lowest BCUT2D eigenvalue weighted by atomic mass is 9.98. The zero-order chi connectivity index (χ0) is 51.8. The highest BCUT2D eigenvalue weighted by atomic mass is 16.7. The summed E-state index contributed by atoms with van der Waals surface area (Å²) in [5.41, 5.74) is 0. The number of ether oxygens (including phenoxy) is 5. The van der Waals surface area contributed by atoms with Gasteiger partial charge in [-0.1, -0.05) is 205 Å². The second-order valence-corrected chi connectivity index (χ2v) is 19.9. The summed E-state index contributed by atoms with van der Waals surface area (Å²) in [6.45, 7) is 5.94. The van der Waals surface area contributed by atoms with Crippen molar-refractivity contribution in [2.24, 2.45) is 0 Å². The van der Waals surface area contributed by atoms with Crippen LogP contribution in [0.4, 0.5) is 0 Å². The molecule has 71 heavy (non-hydrogen) atoms. The molecule has 3 N–H and O–H groups in total. The molecule has 1 fully saturated rings. The Kier molecular flexibility index (Phi) is 44.5. The standard InChI is InChI=1S/C59H104O12/c1-4-7-10-13-16-19-22-24-26-28-31-33-36-39-42-45-51(60)67-48-50(69-52(61)46-43-40-37-34-30-21-18-15-12-9-6-3)49-68-59-57(55(64)54(63)56(71-59)58(65)66)70-53(62)47-44-41-38-35-32-29-27-25-23-20-17-14-11-8-5-2/h16,19,24-27,50,54-57,59,63-64H,4-15,17-18,20-23,28-49H2,1-3H3,(H,65,66)/b19-16-,26-24-,27-25-. The number of carboxylic acid groups (broad SMARTS) is 1. The van der Waals surface area contributed by atoms with Crippen LogP contribution in [-0.2, 0) is 42.9 Å². The molecular weight excluding hydrogens is 901 g/mol. The van der Waals surface area contributed by atoms with Crippen LogP contribution in [0.5, 0.6) is 0 Å². The fourth-order valence-electron chi connectivity index (χ4n) is 8.69. The minimum Gasteiger partial charge on any atom is -0.479 e. The van der Waals surface area contributed by atoms with Gasteiger partial charge in [0, 0.05) is 19.3 Å². The van der Waals surface area contributed by atoms with E-state index >= 15 is 0 Å². The SMILES string of the molecule is CCCCC/C=C\C/C=C\CCCCCCCC(=O)OCC(COC1OC(C(=O)O)C(O)C(O)C1OC(=O)CCCCCCC/C=C\CCCCCCCC)OC(=O)CCCCCCCCCCCCC. The summed E-state index contributed by atoms with van der Waals surface area (Å²) >= 11 is 0. The lowest BCUT2D eigenvalue weighted by molar-refractivity contribution is -0.301. The molecule has 0 bridgehead atoms. The molecule has 0 radical (unpaired) electrons. The Bertz CT molecular complexity index is 1380. The average Bonchev–Trinajstić information content (AvgIpc) is 3.35. The molecule has 6 unspecified atom stereocenters. The number of aliphatic hydroxyl groups excluding tert-OH is 2. The van der Waals surface area contributed by atoms with E-state index in [-0.39, 0.29) is 25.9 Å². The zero-order valence-corrected chi connectivity index (χ0v) is 45.2. The molecule has 12 heteroatoms. The van der Waals surface area contributed by atoms with Crippen LogP contribution in [-0.4, -0.2) is 89.2 Å². The minimum atomic E-state index is -1.90. The molecule has 412 valence electrons. The number of esters is 3. The molecule has 6 atom stereocenters. The van der Waals surface area contributed by atoms with Crippen molar-refractivity contribution in [2.75, 3.05) is 13.2 Å². The van der Waals surface area contributed by atoms with E-state index in [0.717, 1.165) is 103 Å². The summed E-state index contributed by atoms with van der Waals surface area (Å²) < 4.78 is 28.4. The van der Waals surface area contributed by atoms with Gasteiger partial charge in [0.1, 0.15) is 18.8 Å². The van der Waals surface area contributed by atoms with Gasteiger partial charge >= 0.3 is 23.9 Å². The lowest BCUT2D eigenvalue weighted by Crippen LogP contribution is -2.61. The molecule has 0 aromatic rings. The predicted molar refractivity (Wildman–Crippen MR) is 285 cm³/mol. The number of hydrogen-bond acceptors (Lipinski definition) is 11. The molecular formula is C59H104O12. The monoisotopic (exact) mass is 1000 g/mol. The topological polar surface area (TPSA) is 175 Å². The summed E-state index contributed by atoms with van der Waals surface area (Å²) in [5, 5.41) is 31.4. The maximum atomic E-state index is 13.1. The highest BCUT2D eigenvalue weighted by Gasteiger charge is 2.50. The van der Waals surface area contributed by atoms with Crippen molar-refractivity contribution in [3.8, 4) is 0 Å². The number of rotatable bonds is 49. The van der Waals surface area contributed by atoms with Crippen molar-refractivity contribution in [2.45, 2.75) is 302 Å². The second kappa shape index (κ2) is 47.9. The zero-order valence-electron chi connectivity index (χ0n) is 45.2. The van der Waals surface area contributed by atoms with Gasteiger partial charge in [-0.2, -0.15) is 0 Å². The van der Waals surface area contributed by atoms with Crippen molar-refractivity contribution in [3.63, 3.8) is 0 Å². The van der Waals surface area contributed by atoms with Gasteiger partial charge in [-0.15, -0.1) is 0 Å². The van der Waals surface area contributed by atoms with Crippen LogP contribution in [0.1, 0.15) is 265 Å². The normalized spacial score (nSPS) is 18.7. The number of carbonyl (C=O) groups is 4. The molecule has 0 saturated carbocycles. The van der Waals surface area contributed by atoms with Crippen LogP contribution in [0.15, 0.2) is 36.5 Å². The number of carbonyl (C=O) groups excluding carboxylic acids is 3. The fraction of sp³-hybridized carbons (Fsp3) is 0.831. The molecule has 0 aliphatic carbocycles. The molecule has 1 aliphatic heterocycles. The Morgan fingerprint density at radius 1 is 0.465 bits per heavy atom. The van der Waals surface area contributed by atoms with Crippen LogP contribution < -0.4 is 0 Å². The molecule has 1 saturated heterocycles. The van der Waals surface area contributed by atoms with Gasteiger partial charge in [-0.3, -0.25) is 14.4 Å². The Morgan fingerprint density at radius 3 is 1.31 bits per heavy atom. The van der Waals surface area contributed by atoms with Gasteiger partial charge in [0.15, 0.2) is 24.6 Å². The van der Waals surface area contributed by atoms with E-state index in [4.69, 9.17) is 23.7 Å². The van der Waals surface area contributed by atoms with Gasteiger partial charge in [-0.25, -0.2) is 4.79 Å². The summed E-state index contributed by atoms with van der Waals surface area (Å²) in [6.07, 6.45) is 42.6. The van der Waals surface area contributed by atoms with Crippen molar-refractivity contribution >= 4 is 23.9 Å². The number of allylic oxidation sites excluding steroid dienone is 6. The number of hydrogen-bond donors (Lipinski definition) is 3. The van der Waals surface area contributed by atoms with Gasteiger partial charge in [0.25, 0.3) is 0 Å². The first-order chi connectivity index (χ1) is 34.6. The Morgan fingerprint density at radius 2 is 0.845 bits per heavy atom. The van der Waals surface area contributed by atoms with Crippen LogP contribution in [0.2, 0.25) is 0 Å². The average molecular weight is 1010 g/mol. The largest absolute Gasteiger partial charge is 0.479 e. The van der Waals surface area contributed by atoms with Gasteiger partial charge in [-0.05, 0) is 77.0 Å². The van der Waals surface area contributed by atoms with Crippen LogP contribution >= 0.6 is 0 Å². The van der Waals surface area contributed by atoms with Gasteiger partial charge < -0.3 is 39.0 Å². The van der Waals surface area contributed by atoms with Crippen molar-refractivity contribution < 1.29 is 58.2 Å². The first-order valence-corrected chi connectivity index (χ1v) is 29.0. The fourth-order valence-corrected chi connectivity index (χ4v) is 8.69. The van der Waals surface area contributed by atoms with E-state index in [9.17, 15) is 34.5 Å². The number of unbranched alkanes of at least 4 members (excludes halogenated alkanes) is 29. The highest BCUT2D eigenvalue weighted by Crippen LogP contribution is 2.26. The van der Waals surface area contributed by atoms with Crippen LogP contribution in [0, 0.1) is 0 Å².